The third kappa shape index (κ3) is 2.32. The molecule has 0 aliphatic carbocycles. The van der Waals surface area contributed by atoms with Crippen molar-refractivity contribution < 1.29 is 9.26 Å². The Kier molecular flexibility index (Phi) is 3.17. The van der Waals surface area contributed by atoms with Gasteiger partial charge in [0.1, 0.15) is 5.75 Å². The van der Waals surface area contributed by atoms with E-state index in [-0.39, 0.29) is 0 Å². The molecule has 1 aromatic carbocycles. The number of hydrogen-bond acceptors (Lipinski definition) is 5. The molecule has 0 fully saturated rings. The van der Waals surface area contributed by atoms with Crippen LogP contribution in [0.4, 0.5) is 0 Å². The molecule has 6 heteroatoms. The van der Waals surface area contributed by atoms with E-state index in [9.17, 15) is 0 Å². The molecule has 0 bridgehead atoms. The van der Waals surface area contributed by atoms with Gasteiger partial charge in [0.05, 0.1) is 13.2 Å². The van der Waals surface area contributed by atoms with Crippen LogP contribution >= 0.6 is 11.6 Å². The molecule has 0 spiro atoms. The summed E-state index contributed by atoms with van der Waals surface area (Å²) >= 11 is 6.08. The summed E-state index contributed by atoms with van der Waals surface area (Å²) in [5.74, 6) is 1.59. The number of ether oxygens (including phenoxy) is 1. The van der Waals surface area contributed by atoms with Crippen molar-refractivity contribution in [2.75, 3.05) is 6.61 Å². The van der Waals surface area contributed by atoms with Gasteiger partial charge in [0.2, 0.25) is 6.39 Å². The fourth-order valence-corrected chi connectivity index (χ4v) is 2.32. The molecule has 94 valence electrons. The summed E-state index contributed by atoms with van der Waals surface area (Å²) < 4.78 is 10.3. The lowest BCUT2D eigenvalue weighted by Crippen LogP contribution is -2.14. The van der Waals surface area contributed by atoms with E-state index in [2.05, 4.69) is 20.0 Å². The van der Waals surface area contributed by atoms with E-state index in [1.807, 2.05) is 12.1 Å². The van der Waals surface area contributed by atoms with Crippen molar-refractivity contribution in [1.29, 1.82) is 0 Å². The molecule has 18 heavy (non-hydrogen) atoms. The number of nitrogens with zero attached hydrogens (tertiary/aromatic N) is 2. The largest absolute Gasteiger partial charge is 0.493 e. The first-order valence-corrected chi connectivity index (χ1v) is 6.11. The molecular formula is C12H12ClN3O2. The summed E-state index contributed by atoms with van der Waals surface area (Å²) in [5, 5.41) is 7.71. The van der Waals surface area contributed by atoms with Crippen molar-refractivity contribution in [1.82, 2.24) is 15.5 Å². The van der Waals surface area contributed by atoms with Crippen LogP contribution in [0.1, 0.15) is 17.0 Å². The second-order valence-corrected chi connectivity index (χ2v) is 4.54. The van der Waals surface area contributed by atoms with Gasteiger partial charge >= 0.3 is 0 Å². The molecule has 0 radical (unpaired) electrons. The van der Waals surface area contributed by atoms with Crippen LogP contribution in [0.3, 0.4) is 0 Å². The molecule has 5 nitrogen and oxygen atoms in total. The van der Waals surface area contributed by atoms with Gasteiger partial charge in [-0.15, -0.1) is 0 Å². The predicted molar refractivity (Wildman–Crippen MR) is 65.5 cm³/mol. The van der Waals surface area contributed by atoms with Crippen molar-refractivity contribution in [3.05, 3.63) is 40.5 Å². The maximum Gasteiger partial charge on any atom is 0.213 e. The van der Waals surface area contributed by atoms with Gasteiger partial charge < -0.3 is 14.6 Å². The van der Waals surface area contributed by atoms with E-state index >= 15 is 0 Å². The average molecular weight is 266 g/mol. The molecular weight excluding hydrogens is 254 g/mol. The summed E-state index contributed by atoms with van der Waals surface area (Å²) in [7, 11) is 0. The van der Waals surface area contributed by atoms with Crippen molar-refractivity contribution >= 4 is 11.6 Å². The van der Waals surface area contributed by atoms with Gasteiger partial charge in [0.25, 0.3) is 0 Å². The van der Waals surface area contributed by atoms with Crippen LogP contribution in [0, 0.1) is 0 Å². The van der Waals surface area contributed by atoms with Crippen molar-refractivity contribution in [2.24, 2.45) is 0 Å². The quantitative estimate of drug-likeness (QED) is 0.916. The Morgan fingerprint density at radius 1 is 1.33 bits per heavy atom. The number of halogens is 1. The Balaban J connectivity index is 1.69. The maximum absolute atomic E-state index is 6.08. The van der Waals surface area contributed by atoms with Gasteiger partial charge in [-0.3, -0.25) is 0 Å². The van der Waals surface area contributed by atoms with Crippen LogP contribution in [0.25, 0.3) is 0 Å². The minimum atomic E-state index is 0.553. The third-order valence-electron chi connectivity index (χ3n) is 2.83. The number of rotatable bonds is 4. The first kappa shape index (κ1) is 11.5. The lowest BCUT2D eigenvalue weighted by Gasteiger charge is -2.09. The van der Waals surface area contributed by atoms with Gasteiger partial charge in [-0.25, -0.2) is 0 Å². The van der Waals surface area contributed by atoms with E-state index in [0.29, 0.717) is 18.9 Å². The third-order valence-corrected chi connectivity index (χ3v) is 3.05. The monoisotopic (exact) mass is 265 g/mol. The van der Waals surface area contributed by atoms with Gasteiger partial charge in [-0.1, -0.05) is 16.8 Å². The van der Waals surface area contributed by atoms with Gasteiger partial charge in [0, 0.05) is 23.6 Å². The first-order valence-electron chi connectivity index (χ1n) is 5.73. The SMILES string of the molecule is Clc1cc2c(c(CNCc3ncon3)c1)OCC2. The number of fused-ring (bicyclic) bond motifs is 1. The van der Waals surface area contributed by atoms with Crippen LogP contribution in [0.2, 0.25) is 5.02 Å². The molecule has 1 N–H and O–H groups in total. The van der Waals surface area contributed by atoms with E-state index in [0.717, 1.165) is 29.4 Å². The maximum atomic E-state index is 6.08. The standard InChI is InChI=1S/C12H12ClN3O2/c13-10-3-8-1-2-17-12(8)9(4-10)5-14-6-11-15-7-18-16-11/h3-4,7,14H,1-2,5-6H2. The highest BCUT2D eigenvalue weighted by molar-refractivity contribution is 6.30. The molecule has 0 saturated heterocycles. The molecule has 3 rings (SSSR count). The van der Waals surface area contributed by atoms with Crippen LogP contribution in [0.5, 0.6) is 5.75 Å². The normalized spacial score (nSPS) is 13.4. The average Bonchev–Trinajstić information content (AvgIpc) is 2.98. The Morgan fingerprint density at radius 3 is 3.11 bits per heavy atom. The number of nitrogens with one attached hydrogen (secondary N) is 1. The summed E-state index contributed by atoms with van der Waals surface area (Å²) in [6, 6.07) is 3.89. The topological polar surface area (TPSA) is 60.2 Å². The van der Waals surface area contributed by atoms with Crippen LogP contribution in [0.15, 0.2) is 23.0 Å². The van der Waals surface area contributed by atoms with Gasteiger partial charge in [-0.05, 0) is 17.7 Å². The van der Waals surface area contributed by atoms with Crippen molar-refractivity contribution in [3.8, 4) is 5.75 Å². The number of benzene rings is 1. The molecule has 2 heterocycles. The van der Waals surface area contributed by atoms with Crippen molar-refractivity contribution in [2.45, 2.75) is 19.5 Å². The molecule has 0 saturated carbocycles. The van der Waals surface area contributed by atoms with Crippen LogP contribution in [-0.4, -0.2) is 16.7 Å². The zero-order chi connectivity index (χ0) is 12.4. The van der Waals surface area contributed by atoms with Gasteiger partial charge in [0.15, 0.2) is 5.82 Å². The number of hydrogen-bond donors (Lipinski definition) is 1. The summed E-state index contributed by atoms with van der Waals surface area (Å²) in [4.78, 5) is 3.94. The van der Waals surface area contributed by atoms with Crippen LogP contribution < -0.4 is 10.1 Å². The van der Waals surface area contributed by atoms with E-state index in [1.165, 1.54) is 12.0 Å². The highest BCUT2D eigenvalue weighted by Gasteiger charge is 2.17. The second-order valence-electron chi connectivity index (χ2n) is 4.10. The van der Waals surface area contributed by atoms with Crippen molar-refractivity contribution in [3.63, 3.8) is 0 Å². The van der Waals surface area contributed by atoms with E-state index < -0.39 is 0 Å². The lowest BCUT2D eigenvalue weighted by atomic mass is 10.1. The molecule has 0 atom stereocenters. The minimum absolute atomic E-state index is 0.553. The summed E-state index contributed by atoms with van der Waals surface area (Å²) in [6.45, 7) is 1.95. The smallest absolute Gasteiger partial charge is 0.213 e. The Hall–Kier alpha value is -1.59. The highest BCUT2D eigenvalue weighted by Crippen LogP contribution is 2.32. The highest BCUT2D eigenvalue weighted by atomic mass is 35.5. The second kappa shape index (κ2) is 4.96. The zero-order valence-electron chi connectivity index (χ0n) is 9.65. The molecule has 1 aliphatic rings. The zero-order valence-corrected chi connectivity index (χ0v) is 10.4. The molecule has 1 aliphatic heterocycles. The fourth-order valence-electron chi connectivity index (χ4n) is 2.06. The predicted octanol–water partition coefficient (Wildman–Crippen LogP) is 1.95. The van der Waals surface area contributed by atoms with Crippen LogP contribution in [-0.2, 0) is 19.5 Å². The fraction of sp³-hybridized carbons (Fsp3) is 0.333. The van der Waals surface area contributed by atoms with E-state index in [1.54, 1.807) is 0 Å². The Labute approximate surface area is 109 Å². The summed E-state index contributed by atoms with van der Waals surface area (Å²) in [6.07, 6.45) is 2.24. The number of aromatic nitrogens is 2. The minimum Gasteiger partial charge on any atom is -0.493 e. The first-order chi connectivity index (χ1) is 8.83. The molecule has 0 unspecified atom stereocenters. The lowest BCUT2D eigenvalue weighted by molar-refractivity contribution is 0.352. The molecule has 2 aromatic rings. The molecule has 1 aromatic heterocycles. The summed E-state index contributed by atoms with van der Waals surface area (Å²) in [5.41, 5.74) is 2.25. The Bertz CT molecular complexity index is 543. The Morgan fingerprint density at radius 2 is 2.28 bits per heavy atom. The molecule has 0 amide bonds. The van der Waals surface area contributed by atoms with Gasteiger partial charge in [-0.2, -0.15) is 4.98 Å². The van der Waals surface area contributed by atoms with E-state index in [4.69, 9.17) is 16.3 Å².